The van der Waals surface area contributed by atoms with Crippen LogP contribution in [0, 0.1) is 0 Å². The lowest BCUT2D eigenvalue weighted by molar-refractivity contribution is -0.167. The van der Waals surface area contributed by atoms with Gasteiger partial charge in [0.05, 0.1) is 0 Å². The fourth-order valence-electron chi connectivity index (χ4n) is 9.81. The van der Waals surface area contributed by atoms with Crippen LogP contribution in [0.1, 0.15) is 342 Å². The number of esters is 3. The summed E-state index contributed by atoms with van der Waals surface area (Å²) in [6.45, 7) is 6.49. The van der Waals surface area contributed by atoms with Gasteiger partial charge in [-0.25, -0.2) is 0 Å². The summed E-state index contributed by atoms with van der Waals surface area (Å²) >= 11 is 0. The predicted octanol–water partition coefficient (Wildman–Crippen LogP) is 23.4. The molecule has 0 heterocycles. The van der Waals surface area contributed by atoms with Crippen molar-refractivity contribution in [2.24, 2.45) is 0 Å². The molecule has 0 N–H and O–H groups in total. The highest BCUT2D eigenvalue weighted by Gasteiger charge is 2.19. The van der Waals surface area contributed by atoms with Gasteiger partial charge in [0.1, 0.15) is 13.2 Å². The van der Waals surface area contributed by atoms with Gasteiger partial charge in [0.25, 0.3) is 0 Å². The molecule has 0 bridgehead atoms. The maximum absolute atomic E-state index is 12.9. The third-order valence-electron chi connectivity index (χ3n) is 14.9. The minimum atomic E-state index is -0.810. The molecule has 0 aliphatic rings. The highest BCUT2D eigenvalue weighted by atomic mass is 16.6. The van der Waals surface area contributed by atoms with E-state index in [2.05, 4.69) is 106 Å². The Hall–Kier alpha value is -3.41. The van der Waals surface area contributed by atoms with Gasteiger partial charge in [0.2, 0.25) is 0 Å². The molecule has 0 fully saturated rings. The van der Waals surface area contributed by atoms with E-state index in [1.807, 2.05) is 0 Å². The summed E-state index contributed by atoms with van der Waals surface area (Å²) in [5, 5.41) is 0. The van der Waals surface area contributed by atoms with Crippen molar-refractivity contribution < 1.29 is 28.6 Å². The Morgan fingerprint density at radius 1 is 0.266 bits per heavy atom. The number of hydrogen-bond acceptors (Lipinski definition) is 6. The van der Waals surface area contributed by atoms with Crippen LogP contribution in [0.5, 0.6) is 0 Å². The van der Waals surface area contributed by atoms with Gasteiger partial charge < -0.3 is 14.2 Å². The second-order valence-corrected chi connectivity index (χ2v) is 22.7. The molecule has 0 saturated heterocycles. The second-order valence-electron chi connectivity index (χ2n) is 22.7. The minimum absolute atomic E-state index is 0.0991. The first-order chi connectivity index (χ1) is 39.0. The molecule has 1 atom stereocenters. The Labute approximate surface area is 490 Å². The SMILES string of the molecule is CC/C=C\C/C=C\C/C=C\C/C=C\C/C=C\CCCC(=O)OC(COC(=O)CCCCCCCCC/C=C\C/C=C\CCCCC)COC(=O)CCCCCCCCCCCCCCCCCCCCCCCCCCCCC. The van der Waals surface area contributed by atoms with Crippen LogP contribution in [0.15, 0.2) is 85.1 Å². The highest BCUT2D eigenvalue weighted by molar-refractivity contribution is 5.71. The monoisotopic (exact) mass is 1100 g/mol. The van der Waals surface area contributed by atoms with E-state index in [0.29, 0.717) is 19.3 Å². The summed E-state index contributed by atoms with van der Waals surface area (Å²) < 4.78 is 16.9. The van der Waals surface area contributed by atoms with Crippen LogP contribution in [-0.2, 0) is 28.6 Å². The second kappa shape index (κ2) is 67.1. The smallest absolute Gasteiger partial charge is 0.306 e. The zero-order valence-electron chi connectivity index (χ0n) is 52.4. The molecule has 0 spiro atoms. The van der Waals surface area contributed by atoms with Crippen LogP contribution in [0.4, 0.5) is 0 Å². The summed E-state index contributed by atoms with van der Waals surface area (Å²) in [7, 11) is 0. The van der Waals surface area contributed by atoms with Crippen LogP contribution in [0.25, 0.3) is 0 Å². The minimum Gasteiger partial charge on any atom is -0.462 e. The fourth-order valence-corrected chi connectivity index (χ4v) is 9.81. The average Bonchev–Trinajstić information content (AvgIpc) is 3.45. The lowest BCUT2D eigenvalue weighted by Crippen LogP contribution is -2.30. The summed E-state index contributed by atoms with van der Waals surface area (Å²) in [5.41, 5.74) is 0. The number of unbranched alkanes of at least 4 members (excludes halogenated alkanes) is 37. The number of allylic oxidation sites excluding steroid dienone is 14. The third-order valence-corrected chi connectivity index (χ3v) is 14.9. The van der Waals surface area contributed by atoms with Crippen LogP contribution < -0.4 is 0 Å². The van der Waals surface area contributed by atoms with E-state index in [-0.39, 0.29) is 37.5 Å². The summed E-state index contributed by atoms with van der Waals surface area (Å²) in [6.07, 6.45) is 89.0. The topological polar surface area (TPSA) is 78.9 Å². The van der Waals surface area contributed by atoms with Crippen LogP contribution in [0.3, 0.4) is 0 Å². The average molecular weight is 1100 g/mol. The molecule has 6 nitrogen and oxygen atoms in total. The normalized spacial score (nSPS) is 12.6. The maximum Gasteiger partial charge on any atom is 0.306 e. The van der Waals surface area contributed by atoms with Gasteiger partial charge in [-0.1, -0.05) is 318 Å². The number of hydrogen-bond donors (Lipinski definition) is 0. The number of ether oxygens (including phenoxy) is 3. The van der Waals surface area contributed by atoms with E-state index < -0.39 is 6.10 Å². The first kappa shape index (κ1) is 75.6. The molecule has 79 heavy (non-hydrogen) atoms. The van der Waals surface area contributed by atoms with E-state index in [4.69, 9.17) is 14.2 Å². The van der Waals surface area contributed by atoms with Crippen LogP contribution in [0.2, 0.25) is 0 Å². The van der Waals surface area contributed by atoms with E-state index in [1.54, 1.807) is 0 Å². The number of carbonyl (C=O) groups is 3. The molecule has 456 valence electrons. The molecule has 6 heteroatoms. The van der Waals surface area contributed by atoms with Gasteiger partial charge >= 0.3 is 17.9 Å². The van der Waals surface area contributed by atoms with Crippen molar-refractivity contribution in [2.45, 2.75) is 348 Å². The molecule has 0 aromatic carbocycles. The molecule has 0 radical (unpaired) electrons. The molecule has 1 unspecified atom stereocenters. The zero-order chi connectivity index (χ0) is 57.1. The molecule has 0 aromatic heterocycles. The summed E-state index contributed by atoms with van der Waals surface area (Å²) in [4.78, 5) is 38.4. The molecule has 0 rings (SSSR count). The van der Waals surface area contributed by atoms with E-state index >= 15 is 0 Å². The first-order valence-corrected chi connectivity index (χ1v) is 34.1. The standard InChI is InChI=1S/C73H128O6/c1-4-7-10-13-16-19-22-25-28-31-32-33-34-35-36-37-38-39-40-43-45-48-51-54-57-60-63-66-72(75)78-69-70(79-73(76)67-64-61-58-55-52-49-46-42-30-27-24-21-18-15-12-9-6-3)68-77-71(74)65-62-59-56-53-50-47-44-41-29-26-23-20-17-14-11-8-5-2/h9,12,17-18,20-21,26-27,29-30,46,49,55,58,70H,4-8,10-11,13-16,19,22-25,28,31-45,47-48,50-54,56-57,59-69H2,1-3H3/b12-9-,20-17-,21-18-,29-26-,30-27-,49-46-,58-55-. The predicted molar refractivity (Wildman–Crippen MR) is 344 cm³/mol. The van der Waals surface area contributed by atoms with Crippen molar-refractivity contribution >= 4 is 17.9 Å². The van der Waals surface area contributed by atoms with Gasteiger partial charge in [-0.05, 0) is 89.9 Å². The third kappa shape index (κ3) is 65.3. The van der Waals surface area contributed by atoms with Crippen LogP contribution in [-0.4, -0.2) is 37.2 Å². The summed E-state index contributed by atoms with van der Waals surface area (Å²) in [6, 6.07) is 0. The summed E-state index contributed by atoms with van der Waals surface area (Å²) in [5.74, 6) is -0.951. The molecular weight excluding hydrogens is 973 g/mol. The number of rotatable bonds is 62. The highest BCUT2D eigenvalue weighted by Crippen LogP contribution is 2.18. The van der Waals surface area contributed by atoms with Gasteiger partial charge in [0.15, 0.2) is 6.10 Å². The van der Waals surface area contributed by atoms with Crippen molar-refractivity contribution in [1.29, 1.82) is 0 Å². The Kier molecular flexibility index (Phi) is 64.2. The fraction of sp³-hybridized carbons (Fsp3) is 0.767. The molecule has 0 aliphatic carbocycles. The largest absolute Gasteiger partial charge is 0.462 e. The lowest BCUT2D eigenvalue weighted by Gasteiger charge is -2.18. The van der Waals surface area contributed by atoms with Gasteiger partial charge in [-0.3, -0.25) is 14.4 Å². The van der Waals surface area contributed by atoms with Gasteiger partial charge in [-0.2, -0.15) is 0 Å². The van der Waals surface area contributed by atoms with Crippen molar-refractivity contribution in [2.75, 3.05) is 13.2 Å². The van der Waals surface area contributed by atoms with Crippen molar-refractivity contribution in [1.82, 2.24) is 0 Å². The Bertz CT molecular complexity index is 1500. The Morgan fingerprint density at radius 3 is 0.835 bits per heavy atom. The Morgan fingerprint density at radius 2 is 0.506 bits per heavy atom. The van der Waals surface area contributed by atoms with E-state index in [1.165, 1.54) is 205 Å². The van der Waals surface area contributed by atoms with Crippen molar-refractivity contribution in [3.05, 3.63) is 85.1 Å². The molecular formula is C73H128O6. The molecule has 0 saturated carbocycles. The number of carbonyl (C=O) groups excluding carboxylic acids is 3. The van der Waals surface area contributed by atoms with Gasteiger partial charge in [0, 0.05) is 19.3 Å². The molecule has 0 aromatic rings. The Balaban J connectivity index is 4.32. The zero-order valence-corrected chi connectivity index (χ0v) is 52.4. The maximum atomic E-state index is 12.9. The lowest BCUT2D eigenvalue weighted by atomic mass is 10.0. The molecule has 0 aliphatic heterocycles. The van der Waals surface area contributed by atoms with Crippen LogP contribution >= 0.6 is 0 Å². The molecule has 0 amide bonds. The quantitative estimate of drug-likeness (QED) is 0.0261. The van der Waals surface area contributed by atoms with Gasteiger partial charge in [-0.15, -0.1) is 0 Å². The van der Waals surface area contributed by atoms with E-state index in [9.17, 15) is 14.4 Å². The van der Waals surface area contributed by atoms with E-state index in [0.717, 1.165) is 89.9 Å². The van der Waals surface area contributed by atoms with Crippen molar-refractivity contribution in [3.8, 4) is 0 Å². The van der Waals surface area contributed by atoms with Crippen molar-refractivity contribution in [3.63, 3.8) is 0 Å². The first-order valence-electron chi connectivity index (χ1n) is 34.1.